The molecule has 0 bridgehead atoms. The van der Waals surface area contributed by atoms with Crippen LogP contribution in [0.2, 0.25) is 0 Å². The van der Waals surface area contributed by atoms with E-state index < -0.39 is 0 Å². The summed E-state index contributed by atoms with van der Waals surface area (Å²) in [6.07, 6.45) is 5.26. The van der Waals surface area contributed by atoms with Crippen molar-refractivity contribution in [2.24, 2.45) is 4.99 Å². The quantitative estimate of drug-likeness (QED) is 0.692. The molecule has 5 heteroatoms. The van der Waals surface area contributed by atoms with Gasteiger partial charge in [-0.1, -0.05) is 0 Å². The van der Waals surface area contributed by atoms with E-state index in [1.807, 2.05) is 31.3 Å². The Labute approximate surface area is 133 Å². The Morgan fingerprint density at radius 1 is 1.13 bits per heavy atom. The van der Waals surface area contributed by atoms with Crippen molar-refractivity contribution >= 4 is 5.71 Å². The summed E-state index contributed by atoms with van der Waals surface area (Å²) in [5, 5.41) is 0. The van der Waals surface area contributed by atoms with Crippen molar-refractivity contribution < 1.29 is 4.39 Å². The standard InChI is InChI=1S/C18H15FN4/c1-11-7-16-14(8-15(11)19)18(13-3-5-20-6-4-13)22-10-17-21-9-12(2)23(16)17/h3-9H,10H2,1-2H3. The molecule has 0 N–H and O–H groups in total. The molecule has 2 aromatic heterocycles. The fourth-order valence-electron chi connectivity index (χ4n) is 2.96. The van der Waals surface area contributed by atoms with Gasteiger partial charge in [0.1, 0.15) is 11.6 Å². The van der Waals surface area contributed by atoms with E-state index in [0.717, 1.165) is 34.0 Å². The maximum Gasteiger partial charge on any atom is 0.135 e. The summed E-state index contributed by atoms with van der Waals surface area (Å²) in [5.41, 5.74) is 5.01. The Morgan fingerprint density at radius 3 is 2.70 bits per heavy atom. The van der Waals surface area contributed by atoms with Crippen molar-refractivity contribution in [3.63, 3.8) is 0 Å². The van der Waals surface area contributed by atoms with Crippen LogP contribution in [-0.2, 0) is 6.54 Å². The van der Waals surface area contributed by atoms with E-state index in [2.05, 4.69) is 14.5 Å². The number of hydrogen-bond acceptors (Lipinski definition) is 3. The lowest BCUT2D eigenvalue weighted by molar-refractivity contribution is 0.617. The maximum absolute atomic E-state index is 14.2. The Hall–Kier alpha value is -2.82. The maximum atomic E-state index is 14.2. The SMILES string of the molecule is Cc1cc2c(cc1F)C(c1ccncc1)=NCc1ncc(C)n1-2. The summed E-state index contributed by atoms with van der Waals surface area (Å²) in [4.78, 5) is 13.2. The van der Waals surface area contributed by atoms with Gasteiger partial charge in [-0.05, 0) is 43.7 Å². The minimum atomic E-state index is -0.230. The van der Waals surface area contributed by atoms with Gasteiger partial charge in [-0.3, -0.25) is 14.5 Å². The van der Waals surface area contributed by atoms with Crippen LogP contribution < -0.4 is 0 Å². The second-order valence-corrected chi connectivity index (χ2v) is 5.67. The van der Waals surface area contributed by atoms with Crippen LogP contribution in [0.25, 0.3) is 5.69 Å². The van der Waals surface area contributed by atoms with E-state index in [1.165, 1.54) is 0 Å². The van der Waals surface area contributed by atoms with Gasteiger partial charge in [0.25, 0.3) is 0 Å². The molecule has 0 spiro atoms. The zero-order chi connectivity index (χ0) is 16.0. The summed E-state index contributed by atoms with van der Waals surface area (Å²) in [6, 6.07) is 7.21. The number of imidazole rings is 1. The molecule has 4 nitrogen and oxygen atoms in total. The highest BCUT2D eigenvalue weighted by Crippen LogP contribution is 2.28. The van der Waals surface area contributed by atoms with Crippen molar-refractivity contribution in [3.05, 3.63) is 76.9 Å². The molecular formula is C18H15FN4. The highest BCUT2D eigenvalue weighted by atomic mass is 19.1. The average molecular weight is 306 g/mol. The van der Waals surface area contributed by atoms with Gasteiger partial charge >= 0.3 is 0 Å². The van der Waals surface area contributed by atoms with E-state index in [0.29, 0.717) is 12.1 Å². The summed E-state index contributed by atoms with van der Waals surface area (Å²) >= 11 is 0. The number of aliphatic imine (C=N–C) groups is 1. The first kappa shape index (κ1) is 13.8. The number of rotatable bonds is 1. The van der Waals surface area contributed by atoms with Gasteiger partial charge in [-0.2, -0.15) is 0 Å². The minimum absolute atomic E-state index is 0.230. The lowest BCUT2D eigenvalue weighted by atomic mass is 9.99. The van der Waals surface area contributed by atoms with Crippen LogP contribution in [0.1, 0.15) is 28.2 Å². The molecule has 0 fully saturated rings. The van der Waals surface area contributed by atoms with Gasteiger partial charge in [0.05, 0.1) is 17.9 Å². The predicted octanol–water partition coefficient (Wildman–Crippen LogP) is 3.37. The number of aromatic nitrogens is 3. The van der Waals surface area contributed by atoms with Crippen LogP contribution in [0, 0.1) is 19.7 Å². The molecule has 3 aromatic rings. The number of aryl methyl sites for hydroxylation is 2. The van der Waals surface area contributed by atoms with Crippen LogP contribution in [-0.4, -0.2) is 20.2 Å². The highest BCUT2D eigenvalue weighted by molar-refractivity contribution is 6.15. The molecule has 0 atom stereocenters. The molecule has 0 amide bonds. The molecule has 1 aliphatic rings. The number of pyridine rings is 1. The number of halogens is 1. The molecule has 4 rings (SSSR count). The normalized spacial score (nSPS) is 13.1. The number of benzene rings is 1. The van der Waals surface area contributed by atoms with E-state index >= 15 is 0 Å². The molecule has 0 unspecified atom stereocenters. The Balaban J connectivity index is 2.04. The summed E-state index contributed by atoms with van der Waals surface area (Å²) in [6.45, 7) is 4.23. The van der Waals surface area contributed by atoms with E-state index in [4.69, 9.17) is 4.99 Å². The first-order valence-corrected chi connectivity index (χ1v) is 7.44. The van der Waals surface area contributed by atoms with Crippen LogP contribution >= 0.6 is 0 Å². The molecule has 1 aliphatic heterocycles. The number of hydrogen-bond donors (Lipinski definition) is 0. The second-order valence-electron chi connectivity index (χ2n) is 5.67. The third-order valence-corrected chi connectivity index (χ3v) is 4.12. The number of fused-ring (bicyclic) bond motifs is 3. The molecule has 3 heterocycles. The van der Waals surface area contributed by atoms with Gasteiger partial charge in [0.2, 0.25) is 0 Å². The van der Waals surface area contributed by atoms with Crippen LogP contribution in [0.3, 0.4) is 0 Å². The van der Waals surface area contributed by atoms with Crippen molar-refractivity contribution in [1.29, 1.82) is 0 Å². The van der Waals surface area contributed by atoms with Gasteiger partial charge < -0.3 is 0 Å². The van der Waals surface area contributed by atoms with Crippen LogP contribution in [0.15, 0.2) is 47.8 Å². The molecule has 0 aliphatic carbocycles. The van der Waals surface area contributed by atoms with Crippen molar-refractivity contribution in [3.8, 4) is 5.69 Å². The Morgan fingerprint density at radius 2 is 1.91 bits per heavy atom. The first-order chi connectivity index (χ1) is 11.1. The fraction of sp³-hybridized carbons (Fsp3) is 0.167. The molecular weight excluding hydrogens is 291 g/mol. The number of nitrogens with zero attached hydrogens (tertiary/aromatic N) is 4. The molecule has 0 saturated carbocycles. The molecule has 0 saturated heterocycles. The van der Waals surface area contributed by atoms with Crippen molar-refractivity contribution in [2.75, 3.05) is 0 Å². The van der Waals surface area contributed by atoms with E-state index in [-0.39, 0.29) is 5.82 Å². The van der Waals surface area contributed by atoms with Gasteiger partial charge in [0, 0.05) is 35.4 Å². The third kappa shape index (κ3) is 2.16. The molecule has 114 valence electrons. The summed E-state index contributed by atoms with van der Waals surface area (Å²) in [7, 11) is 0. The zero-order valence-corrected chi connectivity index (χ0v) is 12.9. The van der Waals surface area contributed by atoms with Gasteiger partial charge in [-0.15, -0.1) is 0 Å². The van der Waals surface area contributed by atoms with Gasteiger partial charge in [0.15, 0.2) is 0 Å². The average Bonchev–Trinajstić information content (AvgIpc) is 2.84. The van der Waals surface area contributed by atoms with Crippen molar-refractivity contribution in [2.45, 2.75) is 20.4 Å². The fourth-order valence-corrected chi connectivity index (χ4v) is 2.96. The lowest BCUT2D eigenvalue weighted by Crippen LogP contribution is -2.09. The zero-order valence-electron chi connectivity index (χ0n) is 12.9. The minimum Gasteiger partial charge on any atom is -0.299 e. The topological polar surface area (TPSA) is 43.1 Å². The lowest BCUT2D eigenvalue weighted by Gasteiger charge is -2.14. The van der Waals surface area contributed by atoms with E-state index in [1.54, 1.807) is 25.4 Å². The second kappa shape index (κ2) is 5.12. The third-order valence-electron chi connectivity index (χ3n) is 4.12. The monoisotopic (exact) mass is 306 g/mol. The Kier molecular flexibility index (Phi) is 3.08. The Bertz CT molecular complexity index is 926. The summed E-state index contributed by atoms with van der Waals surface area (Å²) < 4.78 is 16.3. The molecule has 1 aromatic carbocycles. The highest BCUT2D eigenvalue weighted by Gasteiger charge is 2.22. The predicted molar refractivity (Wildman–Crippen MR) is 86.6 cm³/mol. The first-order valence-electron chi connectivity index (χ1n) is 7.44. The smallest absolute Gasteiger partial charge is 0.135 e. The van der Waals surface area contributed by atoms with Crippen molar-refractivity contribution in [1.82, 2.24) is 14.5 Å². The van der Waals surface area contributed by atoms with Gasteiger partial charge in [-0.25, -0.2) is 9.37 Å². The van der Waals surface area contributed by atoms with Crippen LogP contribution in [0.4, 0.5) is 4.39 Å². The largest absolute Gasteiger partial charge is 0.299 e. The van der Waals surface area contributed by atoms with E-state index in [9.17, 15) is 4.39 Å². The molecule has 0 radical (unpaired) electrons. The summed E-state index contributed by atoms with van der Waals surface area (Å²) in [5.74, 6) is 0.630. The molecule has 23 heavy (non-hydrogen) atoms. The van der Waals surface area contributed by atoms with Crippen LogP contribution in [0.5, 0.6) is 0 Å².